The molecule has 0 amide bonds. The van der Waals surface area contributed by atoms with Gasteiger partial charge >= 0.3 is 0 Å². The van der Waals surface area contributed by atoms with Crippen LogP contribution in [0.1, 0.15) is 23.6 Å². The van der Waals surface area contributed by atoms with Gasteiger partial charge in [-0.05, 0) is 36.2 Å². The average Bonchev–Trinajstić information content (AvgIpc) is 2.41. The van der Waals surface area contributed by atoms with E-state index in [1.807, 2.05) is 24.3 Å². The van der Waals surface area contributed by atoms with Crippen molar-refractivity contribution in [3.05, 3.63) is 69.7 Å². The summed E-state index contributed by atoms with van der Waals surface area (Å²) in [5, 5.41) is 19.4. The maximum absolute atomic E-state index is 10.6. The molecule has 1 N–H and O–H groups in total. The first-order valence-corrected chi connectivity index (χ1v) is 6.79. The fraction of sp³-hybridized carbons (Fsp3) is 0.188. The monoisotopic (exact) mass is 315 g/mol. The first-order valence-electron chi connectivity index (χ1n) is 5.99. The van der Waals surface area contributed by atoms with Crippen LogP contribution in [0.15, 0.2) is 53.0 Å². The molecule has 0 saturated heterocycles. The minimum absolute atomic E-state index is 0.514. The molecule has 0 spiro atoms. The summed E-state index contributed by atoms with van der Waals surface area (Å²) in [6, 6.07) is 17.0. The van der Waals surface area contributed by atoms with Crippen LogP contribution in [0.3, 0.4) is 0 Å². The van der Waals surface area contributed by atoms with Crippen LogP contribution in [0.2, 0.25) is 0 Å². The Labute approximate surface area is 121 Å². The van der Waals surface area contributed by atoms with Gasteiger partial charge in [0.2, 0.25) is 0 Å². The number of halogens is 1. The molecule has 2 rings (SSSR count). The van der Waals surface area contributed by atoms with Crippen molar-refractivity contribution >= 4 is 15.9 Å². The van der Waals surface area contributed by atoms with E-state index in [9.17, 15) is 5.11 Å². The molecule has 2 aromatic carbocycles. The normalized spacial score (nSPS) is 13.6. The molecular formula is C16H14BrNO. The lowest BCUT2D eigenvalue weighted by Gasteiger charge is -2.24. The fourth-order valence-corrected chi connectivity index (χ4v) is 2.44. The summed E-state index contributed by atoms with van der Waals surface area (Å²) in [4.78, 5) is 0. The molecule has 0 aromatic heterocycles. The fourth-order valence-electron chi connectivity index (χ4n) is 2.02. The van der Waals surface area contributed by atoms with Gasteiger partial charge in [0.05, 0.1) is 17.2 Å². The Morgan fingerprint density at radius 1 is 1.16 bits per heavy atom. The first-order chi connectivity index (χ1) is 9.03. The molecule has 0 fully saturated rings. The highest BCUT2D eigenvalue weighted by Gasteiger charge is 2.24. The van der Waals surface area contributed by atoms with Crippen molar-refractivity contribution in [3.63, 3.8) is 0 Å². The second-order valence-electron chi connectivity index (χ2n) is 4.73. The molecule has 0 saturated carbocycles. The van der Waals surface area contributed by atoms with Crippen LogP contribution in [0.25, 0.3) is 0 Å². The lowest BCUT2D eigenvalue weighted by Crippen LogP contribution is -2.24. The minimum atomic E-state index is -0.960. The third-order valence-electron chi connectivity index (χ3n) is 3.13. The molecule has 1 unspecified atom stereocenters. The zero-order chi connectivity index (χ0) is 13.9. The van der Waals surface area contributed by atoms with Gasteiger partial charge < -0.3 is 5.11 Å². The molecule has 2 nitrogen and oxygen atoms in total. The van der Waals surface area contributed by atoms with E-state index in [1.54, 1.807) is 31.2 Å². The van der Waals surface area contributed by atoms with Gasteiger partial charge in [-0.15, -0.1) is 0 Å². The van der Waals surface area contributed by atoms with Gasteiger partial charge in [0.15, 0.2) is 0 Å². The Morgan fingerprint density at radius 2 is 1.79 bits per heavy atom. The molecule has 3 heteroatoms. The summed E-state index contributed by atoms with van der Waals surface area (Å²) >= 11 is 3.49. The molecular weight excluding hydrogens is 302 g/mol. The zero-order valence-corrected chi connectivity index (χ0v) is 12.2. The minimum Gasteiger partial charge on any atom is -0.385 e. The maximum Gasteiger partial charge on any atom is 0.0991 e. The lowest BCUT2D eigenvalue weighted by atomic mass is 9.89. The molecule has 96 valence electrons. The molecule has 19 heavy (non-hydrogen) atoms. The SMILES string of the molecule is CC(O)(Cc1ccccc1Br)c1ccc(C#N)cc1. The van der Waals surface area contributed by atoms with Crippen LogP contribution in [0, 0.1) is 11.3 Å². The largest absolute Gasteiger partial charge is 0.385 e. The highest BCUT2D eigenvalue weighted by molar-refractivity contribution is 9.10. The third-order valence-corrected chi connectivity index (χ3v) is 3.90. The van der Waals surface area contributed by atoms with Crippen molar-refractivity contribution in [2.24, 2.45) is 0 Å². The molecule has 0 aliphatic heterocycles. The number of hydrogen-bond acceptors (Lipinski definition) is 2. The van der Waals surface area contributed by atoms with E-state index in [0.717, 1.165) is 15.6 Å². The summed E-state index contributed by atoms with van der Waals surface area (Å²) < 4.78 is 0.990. The van der Waals surface area contributed by atoms with Gasteiger partial charge in [-0.2, -0.15) is 5.26 Å². The second kappa shape index (κ2) is 5.56. The lowest BCUT2D eigenvalue weighted by molar-refractivity contribution is 0.0574. The van der Waals surface area contributed by atoms with Gasteiger partial charge in [-0.1, -0.05) is 46.3 Å². The highest BCUT2D eigenvalue weighted by Crippen LogP contribution is 2.28. The smallest absolute Gasteiger partial charge is 0.0991 e. The first kappa shape index (κ1) is 13.8. The van der Waals surface area contributed by atoms with E-state index >= 15 is 0 Å². The van der Waals surface area contributed by atoms with E-state index in [4.69, 9.17) is 5.26 Å². The predicted octanol–water partition coefficient (Wildman–Crippen LogP) is 3.77. The standard InChI is InChI=1S/C16H14BrNO/c1-16(19,10-13-4-2-3-5-15(13)17)14-8-6-12(11-18)7-9-14/h2-9,19H,10H2,1H3. The number of rotatable bonds is 3. The van der Waals surface area contributed by atoms with E-state index in [2.05, 4.69) is 22.0 Å². The topological polar surface area (TPSA) is 44.0 Å². The van der Waals surface area contributed by atoms with Gasteiger partial charge in [0.1, 0.15) is 0 Å². The third kappa shape index (κ3) is 3.23. The van der Waals surface area contributed by atoms with E-state index in [0.29, 0.717) is 12.0 Å². The van der Waals surface area contributed by atoms with Crippen molar-refractivity contribution in [3.8, 4) is 6.07 Å². The van der Waals surface area contributed by atoms with Crippen LogP contribution < -0.4 is 0 Å². The number of aliphatic hydroxyl groups is 1. The average molecular weight is 316 g/mol. The van der Waals surface area contributed by atoms with Crippen molar-refractivity contribution < 1.29 is 5.11 Å². The van der Waals surface area contributed by atoms with Gasteiger partial charge in [0, 0.05) is 10.9 Å². The van der Waals surface area contributed by atoms with Crippen molar-refractivity contribution in [1.29, 1.82) is 5.26 Å². The zero-order valence-electron chi connectivity index (χ0n) is 10.6. The number of nitrogens with zero attached hydrogens (tertiary/aromatic N) is 1. The number of nitriles is 1. The van der Waals surface area contributed by atoms with Gasteiger partial charge in [-0.25, -0.2) is 0 Å². The van der Waals surface area contributed by atoms with Crippen molar-refractivity contribution in [2.75, 3.05) is 0 Å². The molecule has 0 bridgehead atoms. The van der Waals surface area contributed by atoms with E-state index in [1.165, 1.54) is 0 Å². The van der Waals surface area contributed by atoms with E-state index in [-0.39, 0.29) is 0 Å². The number of hydrogen-bond donors (Lipinski definition) is 1. The summed E-state index contributed by atoms with van der Waals surface area (Å²) in [5.41, 5.74) is 1.50. The van der Waals surface area contributed by atoms with E-state index < -0.39 is 5.60 Å². The molecule has 0 aliphatic carbocycles. The predicted molar refractivity (Wildman–Crippen MR) is 78.6 cm³/mol. The van der Waals surface area contributed by atoms with Gasteiger partial charge in [0.25, 0.3) is 0 Å². The van der Waals surface area contributed by atoms with Crippen LogP contribution in [-0.2, 0) is 12.0 Å². The molecule has 0 radical (unpaired) electrons. The quantitative estimate of drug-likeness (QED) is 0.937. The summed E-state index contributed by atoms with van der Waals surface area (Å²) in [7, 11) is 0. The summed E-state index contributed by atoms with van der Waals surface area (Å²) in [6.45, 7) is 1.79. The summed E-state index contributed by atoms with van der Waals surface area (Å²) in [5.74, 6) is 0. The highest BCUT2D eigenvalue weighted by atomic mass is 79.9. The molecule has 1 atom stereocenters. The van der Waals surface area contributed by atoms with Crippen LogP contribution in [0.4, 0.5) is 0 Å². The second-order valence-corrected chi connectivity index (χ2v) is 5.59. The molecule has 0 aliphatic rings. The van der Waals surface area contributed by atoms with Crippen LogP contribution in [0.5, 0.6) is 0 Å². The van der Waals surface area contributed by atoms with Gasteiger partial charge in [-0.3, -0.25) is 0 Å². The van der Waals surface area contributed by atoms with Crippen LogP contribution in [-0.4, -0.2) is 5.11 Å². The molecule has 0 heterocycles. The van der Waals surface area contributed by atoms with Crippen molar-refractivity contribution in [2.45, 2.75) is 18.9 Å². The Hall–Kier alpha value is -1.63. The van der Waals surface area contributed by atoms with Crippen LogP contribution >= 0.6 is 15.9 Å². The Morgan fingerprint density at radius 3 is 2.37 bits per heavy atom. The Balaban J connectivity index is 2.27. The summed E-state index contributed by atoms with van der Waals surface area (Å²) in [6.07, 6.45) is 0.514. The van der Waals surface area contributed by atoms with Crippen molar-refractivity contribution in [1.82, 2.24) is 0 Å². The molecule has 2 aromatic rings. The Bertz CT molecular complexity index is 611. The Kier molecular flexibility index (Phi) is 4.04. The maximum atomic E-state index is 10.6. The number of benzene rings is 2.